The largest absolute Gasteiger partial charge is 0.352 e. The molecule has 4 aromatic rings. The van der Waals surface area contributed by atoms with Gasteiger partial charge >= 0.3 is 0 Å². The van der Waals surface area contributed by atoms with Crippen LogP contribution in [0.1, 0.15) is 31.2 Å². The molecule has 1 fully saturated rings. The molecule has 3 aliphatic rings. The average molecular weight is 555 g/mol. The fourth-order valence-corrected chi connectivity index (χ4v) is 7.39. The molecule has 1 saturated heterocycles. The van der Waals surface area contributed by atoms with Crippen LogP contribution in [0.3, 0.4) is 0 Å². The van der Waals surface area contributed by atoms with Crippen LogP contribution < -0.4 is 10.2 Å². The van der Waals surface area contributed by atoms with Gasteiger partial charge in [-0.1, -0.05) is 48.0 Å². The van der Waals surface area contributed by atoms with Crippen molar-refractivity contribution in [2.45, 2.75) is 17.5 Å². The molecule has 192 valence electrons. The van der Waals surface area contributed by atoms with Gasteiger partial charge in [-0.05, 0) is 71.1 Å². The van der Waals surface area contributed by atoms with Gasteiger partial charge in [0.05, 0.1) is 16.8 Å². The summed E-state index contributed by atoms with van der Waals surface area (Å²) >= 11 is 7.61. The van der Waals surface area contributed by atoms with Crippen LogP contribution in [0.25, 0.3) is 6.08 Å². The fourth-order valence-electron chi connectivity index (χ4n) is 6.51. The van der Waals surface area contributed by atoms with Gasteiger partial charge in [-0.2, -0.15) is 0 Å². The maximum Gasteiger partial charge on any atom is 0.238 e. The molecule has 7 rings (SSSR count). The number of carbonyl (C=O) groups is 3. The summed E-state index contributed by atoms with van der Waals surface area (Å²) in [5, 5.41) is 5.34. The number of benzene rings is 3. The Morgan fingerprint density at radius 2 is 1.77 bits per heavy atom. The molecule has 1 aromatic heterocycles. The molecular formula is C31H20ClFN2O3S. The summed E-state index contributed by atoms with van der Waals surface area (Å²) in [7, 11) is 0. The van der Waals surface area contributed by atoms with Crippen molar-refractivity contribution in [2.75, 3.05) is 10.2 Å². The predicted octanol–water partition coefficient (Wildman–Crippen LogP) is 6.40. The normalized spacial score (nSPS) is 24.3. The maximum atomic E-state index is 14.5. The van der Waals surface area contributed by atoms with E-state index in [0.29, 0.717) is 26.8 Å². The van der Waals surface area contributed by atoms with Crippen LogP contribution in [0.15, 0.2) is 90.3 Å². The van der Waals surface area contributed by atoms with E-state index >= 15 is 0 Å². The van der Waals surface area contributed by atoms with Gasteiger partial charge in [-0.25, -0.2) is 4.39 Å². The van der Waals surface area contributed by atoms with Gasteiger partial charge in [-0.3, -0.25) is 14.4 Å². The minimum Gasteiger partial charge on any atom is -0.352 e. The van der Waals surface area contributed by atoms with Crippen molar-refractivity contribution >= 4 is 57.9 Å². The summed E-state index contributed by atoms with van der Waals surface area (Å²) in [4.78, 5) is 45.5. The number of rotatable bonds is 4. The van der Waals surface area contributed by atoms with Crippen LogP contribution in [0.4, 0.5) is 15.8 Å². The summed E-state index contributed by atoms with van der Waals surface area (Å²) < 4.78 is 13.9. The van der Waals surface area contributed by atoms with Crippen molar-refractivity contribution in [3.63, 3.8) is 0 Å². The SMILES string of the molecule is O=C(c1cccs1)C1C(C(=O)c2ccc(F)cc2)C2(C(=O)Nc3ccccc32)C2C=Cc3cc(Cl)ccc3N12. The van der Waals surface area contributed by atoms with Crippen molar-refractivity contribution < 1.29 is 18.8 Å². The van der Waals surface area contributed by atoms with E-state index in [2.05, 4.69) is 5.32 Å². The third-order valence-corrected chi connectivity index (χ3v) is 9.16. The number of Topliss-reactive ketones (excluding diaryl/α,β-unsaturated/α-hetero) is 2. The molecule has 4 atom stereocenters. The standard InChI is InChI=1S/C31H20ClFN2O3S/c32-19-10-13-23-18(16-19)9-14-25-31(21-4-1-2-5-22(21)34-30(31)38)26(28(36)17-7-11-20(33)12-8-17)27(35(23)25)29(37)24-6-3-15-39-24/h1-16,25-27H,(H,34,38). The number of hydrogen-bond acceptors (Lipinski definition) is 5. The Labute approximate surface area is 232 Å². The minimum absolute atomic E-state index is 0.238. The fraction of sp³-hybridized carbons (Fsp3) is 0.129. The smallest absolute Gasteiger partial charge is 0.238 e. The molecule has 0 saturated carbocycles. The molecule has 0 aliphatic carbocycles. The van der Waals surface area contributed by atoms with Crippen LogP contribution >= 0.6 is 22.9 Å². The second-order valence-electron chi connectivity index (χ2n) is 9.92. The summed E-state index contributed by atoms with van der Waals surface area (Å²) in [5.74, 6) is -2.56. The maximum absolute atomic E-state index is 14.5. The Kier molecular flexibility index (Phi) is 5.37. The van der Waals surface area contributed by atoms with Crippen LogP contribution in [-0.4, -0.2) is 29.6 Å². The first-order valence-corrected chi connectivity index (χ1v) is 13.7. The Bertz CT molecular complexity index is 1700. The number of fused-ring (bicyclic) bond motifs is 6. The predicted molar refractivity (Wildman–Crippen MR) is 150 cm³/mol. The highest BCUT2D eigenvalue weighted by molar-refractivity contribution is 7.12. The number of carbonyl (C=O) groups excluding carboxylic acids is 3. The molecule has 0 bridgehead atoms. The molecule has 4 unspecified atom stereocenters. The zero-order valence-corrected chi connectivity index (χ0v) is 21.9. The summed E-state index contributed by atoms with van der Waals surface area (Å²) in [6.07, 6.45) is 3.79. The third kappa shape index (κ3) is 3.33. The first kappa shape index (κ1) is 24.0. The van der Waals surface area contributed by atoms with Gasteiger partial charge in [0, 0.05) is 22.0 Å². The lowest BCUT2D eigenvalue weighted by Crippen LogP contribution is -2.51. The van der Waals surface area contributed by atoms with Crippen LogP contribution in [0.5, 0.6) is 0 Å². The monoisotopic (exact) mass is 554 g/mol. The molecule has 1 spiro atoms. The first-order chi connectivity index (χ1) is 18.9. The Balaban J connectivity index is 1.54. The molecular weight excluding hydrogens is 535 g/mol. The highest BCUT2D eigenvalue weighted by Gasteiger charge is 2.70. The van der Waals surface area contributed by atoms with Crippen molar-refractivity contribution in [2.24, 2.45) is 5.92 Å². The zero-order chi connectivity index (χ0) is 26.9. The van der Waals surface area contributed by atoms with E-state index in [0.717, 1.165) is 5.56 Å². The van der Waals surface area contributed by atoms with Gasteiger partial charge in [0.2, 0.25) is 5.91 Å². The lowest BCUT2D eigenvalue weighted by Gasteiger charge is -2.37. The van der Waals surface area contributed by atoms with E-state index in [1.165, 1.54) is 35.6 Å². The van der Waals surface area contributed by atoms with Gasteiger partial charge in [0.25, 0.3) is 0 Å². The highest BCUT2D eigenvalue weighted by Crippen LogP contribution is 2.58. The van der Waals surface area contributed by atoms with Gasteiger partial charge in [-0.15, -0.1) is 11.3 Å². The molecule has 3 aliphatic heterocycles. The second-order valence-corrected chi connectivity index (χ2v) is 11.3. The number of nitrogens with one attached hydrogen (secondary N) is 1. The first-order valence-electron chi connectivity index (χ1n) is 12.5. The molecule has 1 N–H and O–H groups in total. The topological polar surface area (TPSA) is 66.5 Å². The molecule has 5 nitrogen and oxygen atoms in total. The van der Waals surface area contributed by atoms with E-state index in [9.17, 15) is 18.8 Å². The third-order valence-electron chi connectivity index (χ3n) is 8.04. The Morgan fingerprint density at radius 1 is 0.974 bits per heavy atom. The van der Waals surface area contributed by atoms with Crippen molar-refractivity contribution in [3.8, 4) is 0 Å². The number of para-hydroxylation sites is 1. The Hall–Kier alpha value is -4.07. The van der Waals surface area contributed by atoms with Crippen LogP contribution in [-0.2, 0) is 10.2 Å². The number of thiophene rings is 1. The summed E-state index contributed by atoms with van der Waals surface area (Å²) in [5.41, 5.74) is 1.61. The van der Waals surface area contributed by atoms with Crippen LogP contribution in [0, 0.1) is 11.7 Å². The number of nitrogens with zero attached hydrogens (tertiary/aromatic N) is 1. The van der Waals surface area contributed by atoms with E-state index in [1.54, 1.807) is 30.3 Å². The lowest BCUT2D eigenvalue weighted by atomic mass is 9.64. The van der Waals surface area contributed by atoms with Crippen molar-refractivity contribution in [1.29, 1.82) is 0 Å². The van der Waals surface area contributed by atoms with E-state index in [-0.39, 0.29) is 17.3 Å². The molecule has 1 amide bonds. The average Bonchev–Trinajstić information content (AvgIpc) is 3.65. The number of anilines is 2. The summed E-state index contributed by atoms with van der Waals surface area (Å²) in [6, 6.07) is 19.8. The number of ketones is 2. The Morgan fingerprint density at radius 3 is 2.54 bits per heavy atom. The minimum atomic E-state index is -1.41. The van der Waals surface area contributed by atoms with E-state index in [1.807, 2.05) is 46.7 Å². The van der Waals surface area contributed by atoms with Crippen LogP contribution in [0.2, 0.25) is 5.02 Å². The molecule has 0 radical (unpaired) electrons. The lowest BCUT2D eigenvalue weighted by molar-refractivity contribution is -0.121. The molecule has 3 aromatic carbocycles. The number of hydrogen-bond donors (Lipinski definition) is 1. The number of halogens is 2. The number of amides is 1. The van der Waals surface area contributed by atoms with Gasteiger partial charge in [0.15, 0.2) is 11.6 Å². The molecule has 39 heavy (non-hydrogen) atoms. The van der Waals surface area contributed by atoms with E-state index < -0.39 is 35.0 Å². The summed E-state index contributed by atoms with van der Waals surface area (Å²) in [6.45, 7) is 0. The highest BCUT2D eigenvalue weighted by atomic mass is 35.5. The van der Waals surface area contributed by atoms with Crippen molar-refractivity contribution in [3.05, 3.63) is 123 Å². The quantitative estimate of drug-likeness (QED) is 0.297. The van der Waals surface area contributed by atoms with E-state index in [4.69, 9.17) is 11.6 Å². The van der Waals surface area contributed by atoms with Gasteiger partial charge < -0.3 is 10.2 Å². The molecule has 8 heteroatoms. The second kappa shape index (κ2) is 8.73. The zero-order valence-electron chi connectivity index (χ0n) is 20.3. The molecule has 4 heterocycles. The van der Waals surface area contributed by atoms with Crippen molar-refractivity contribution in [1.82, 2.24) is 0 Å². The van der Waals surface area contributed by atoms with Gasteiger partial charge in [0.1, 0.15) is 17.3 Å².